The molecule has 4 heteroatoms. The minimum Gasteiger partial charge on any atom is -0.338 e. The van der Waals surface area contributed by atoms with Gasteiger partial charge in [0.25, 0.3) is 5.91 Å². The average molecular weight is 253 g/mol. The van der Waals surface area contributed by atoms with Gasteiger partial charge in [-0.25, -0.2) is 0 Å². The fourth-order valence-corrected chi connectivity index (χ4v) is 2.48. The van der Waals surface area contributed by atoms with Crippen LogP contribution in [0.2, 0.25) is 0 Å². The number of amides is 1. The van der Waals surface area contributed by atoms with Crippen molar-refractivity contribution in [1.82, 2.24) is 9.88 Å². The molecule has 1 aliphatic heterocycles. The number of hydrogen-bond donors (Lipinski definition) is 0. The van der Waals surface area contributed by atoms with E-state index in [1.165, 1.54) is 0 Å². The van der Waals surface area contributed by atoms with Crippen molar-refractivity contribution in [3.8, 4) is 0 Å². The molecule has 1 aromatic rings. The first-order valence-corrected chi connectivity index (χ1v) is 6.51. The number of aromatic nitrogens is 1. The molecule has 1 amide bonds. The Labute approximate surface area is 107 Å². The third-order valence-electron chi connectivity index (χ3n) is 3.15. The third-order valence-corrected chi connectivity index (χ3v) is 3.58. The first-order valence-electron chi connectivity index (χ1n) is 5.97. The second-order valence-corrected chi connectivity index (χ2v) is 4.97. The van der Waals surface area contributed by atoms with Crippen LogP contribution in [0.15, 0.2) is 18.5 Å². The maximum absolute atomic E-state index is 12.3. The Kier molecular flexibility index (Phi) is 4.00. The molecule has 0 spiro atoms. The van der Waals surface area contributed by atoms with Crippen LogP contribution >= 0.6 is 11.6 Å². The van der Waals surface area contributed by atoms with Crippen molar-refractivity contribution in [2.45, 2.75) is 19.8 Å². The van der Waals surface area contributed by atoms with Gasteiger partial charge in [0.2, 0.25) is 0 Å². The predicted octanol–water partition coefficient (Wildman–Crippen LogP) is 2.48. The topological polar surface area (TPSA) is 33.2 Å². The molecule has 1 atom stereocenters. The van der Waals surface area contributed by atoms with Crippen molar-refractivity contribution >= 4 is 17.5 Å². The molecule has 2 rings (SSSR count). The van der Waals surface area contributed by atoms with Gasteiger partial charge < -0.3 is 4.90 Å². The molecule has 1 aromatic heterocycles. The van der Waals surface area contributed by atoms with E-state index in [2.05, 4.69) is 4.98 Å². The molecule has 1 aliphatic rings. The van der Waals surface area contributed by atoms with E-state index in [1.807, 2.05) is 17.9 Å². The van der Waals surface area contributed by atoms with Crippen LogP contribution in [0.25, 0.3) is 0 Å². The van der Waals surface area contributed by atoms with Crippen LogP contribution in [0.3, 0.4) is 0 Å². The molecule has 1 fully saturated rings. The maximum atomic E-state index is 12.3. The maximum Gasteiger partial charge on any atom is 0.255 e. The number of pyridine rings is 1. The van der Waals surface area contributed by atoms with Crippen molar-refractivity contribution in [3.05, 3.63) is 29.6 Å². The van der Waals surface area contributed by atoms with Crippen LogP contribution in [-0.2, 0) is 0 Å². The van der Waals surface area contributed by atoms with E-state index in [1.54, 1.807) is 12.4 Å². The van der Waals surface area contributed by atoms with Crippen LogP contribution < -0.4 is 0 Å². The standard InChI is InChI=1S/C13H17ClN2O/c1-10-5-12(8-15-7-10)13(17)16-4-2-3-11(6-14)9-16/h5,7-8,11H,2-4,6,9H2,1H3. The minimum atomic E-state index is 0.0796. The van der Waals surface area contributed by atoms with Crippen LogP contribution in [0.1, 0.15) is 28.8 Å². The fraction of sp³-hybridized carbons (Fsp3) is 0.538. The van der Waals surface area contributed by atoms with Crippen molar-refractivity contribution in [1.29, 1.82) is 0 Å². The number of hydrogen-bond acceptors (Lipinski definition) is 2. The first-order chi connectivity index (χ1) is 8.20. The van der Waals surface area contributed by atoms with Gasteiger partial charge in [0.15, 0.2) is 0 Å². The average Bonchev–Trinajstić information content (AvgIpc) is 2.38. The molecule has 0 aliphatic carbocycles. The summed E-state index contributed by atoms with van der Waals surface area (Å²) < 4.78 is 0. The van der Waals surface area contributed by atoms with Gasteiger partial charge in [-0.15, -0.1) is 11.6 Å². The molecule has 2 heterocycles. The summed E-state index contributed by atoms with van der Waals surface area (Å²) in [7, 11) is 0. The number of likely N-dealkylation sites (tertiary alicyclic amines) is 1. The summed E-state index contributed by atoms with van der Waals surface area (Å²) in [6.45, 7) is 3.55. The van der Waals surface area contributed by atoms with Gasteiger partial charge in [-0.05, 0) is 37.3 Å². The SMILES string of the molecule is Cc1cncc(C(=O)N2CCCC(CCl)C2)c1. The zero-order valence-corrected chi connectivity index (χ0v) is 10.8. The molecule has 17 heavy (non-hydrogen) atoms. The lowest BCUT2D eigenvalue weighted by molar-refractivity contribution is 0.0684. The normalized spacial score (nSPS) is 20.4. The van der Waals surface area contributed by atoms with E-state index < -0.39 is 0 Å². The number of rotatable bonds is 2. The van der Waals surface area contributed by atoms with Crippen molar-refractivity contribution in [2.24, 2.45) is 5.92 Å². The highest BCUT2D eigenvalue weighted by Gasteiger charge is 2.23. The van der Waals surface area contributed by atoms with Crippen molar-refractivity contribution < 1.29 is 4.79 Å². The lowest BCUT2D eigenvalue weighted by Gasteiger charge is -2.31. The molecule has 0 saturated carbocycles. The molecular weight excluding hydrogens is 236 g/mol. The fourth-order valence-electron chi connectivity index (χ4n) is 2.23. The molecular formula is C13H17ClN2O. The Hall–Kier alpha value is -1.09. The van der Waals surface area contributed by atoms with Gasteiger partial charge in [0.1, 0.15) is 0 Å². The summed E-state index contributed by atoms with van der Waals surface area (Å²) in [4.78, 5) is 18.2. The Bertz CT molecular complexity index is 408. The number of nitrogens with zero attached hydrogens (tertiary/aromatic N) is 2. The molecule has 1 saturated heterocycles. The number of alkyl halides is 1. The zero-order chi connectivity index (χ0) is 12.3. The van der Waals surface area contributed by atoms with Crippen LogP contribution in [0, 0.1) is 12.8 Å². The number of aryl methyl sites for hydroxylation is 1. The summed E-state index contributed by atoms with van der Waals surface area (Å²) in [5.74, 6) is 1.15. The summed E-state index contributed by atoms with van der Waals surface area (Å²) in [5, 5.41) is 0. The second-order valence-electron chi connectivity index (χ2n) is 4.66. The molecule has 0 N–H and O–H groups in total. The van der Waals surface area contributed by atoms with E-state index in [9.17, 15) is 4.79 Å². The van der Waals surface area contributed by atoms with Gasteiger partial charge in [-0.2, -0.15) is 0 Å². The van der Waals surface area contributed by atoms with Crippen molar-refractivity contribution in [3.63, 3.8) is 0 Å². The van der Waals surface area contributed by atoms with Crippen LogP contribution in [0.4, 0.5) is 0 Å². The quantitative estimate of drug-likeness (QED) is 0.758. The number of piperidine rings is 1. The third kappa shape index (κ3) is 2.97. The monoisotopic (exact) mass is 252 g/mol. The Morgan fingerprint density at radius 1 is 1.59 bits per heavy atom. The van der Waals surface area contributed by atoms with Gasteiger partial charge in [0.05, 0.1) is 5.56 Å². The second kappa shape index (κ2) is 5.50. The largest absolute Gasteiger partial charge is 0.338 e. The van der Waals surface area contributed by atoms with Gasteiger partial charge in [-0.3, -0.25) is 9.78 Å². The van der Waals surface area contributed by atoms with E-state index >= 15 is 0 Å². The Morgan fingerprint density at radius 3 is 3.12 bits per heavy atom. The molecule has 0 bridgehead atoms. The van der Waals surface area contributed by atoms with Gasteiger partial charge in [-0.1, -0.05) is 0 Å². The van der Waals surface area contributed by atoms with Gasteiger partial charge in [0, 0.05) is 31.4 Å². The lowest BCUT2D eigenvalue weighted by Crippen LogP contribution is -2.40. The Balaban J connectivity index is 2.09. The van der Waals surface area contributed by atoms with Gasteiger partial charge >= 0.3 is 0 Å². The molecule has 92 valence electrons. The highest BCUT2D eigenvalue weighted by atomic mass is 35.5. The lowest BCUT2D eigenvalue weighted by atomic mass is 9.99. The summed E-state index contributed by atoms with van der Waals surface area (Å²) in [5.41, 5.74) is 1.70. The van der Waals surface area contributed by atoms with Crippen LogP contribution in [0.5, 0.6) is 0 Å². The zero-order valence-electron chi connectivity index (χ0n) is 10.0. The molecule has 3 nitrogen and oxygen atoms in total. The summed E-state index contributed by atoms with van der Waals surface area (Å²) in [6.07, 6.45) is 5.57. The van der Waals surface area contributed by atoms with E-state index in [0.717, 1.165) is 31.5 Å². The predicted molar refractivity (Wildman–Crippen MR) is 68.3 cm³/mol. The highest BCUT2D eigenvalue weighted by molar-refractivity contribution is 6.18. The number of halogens is 1. The highest BCUT2D eigenvalue weighted by Crippen LogP contribution is 2.19. The number of carbonyl (C=O) groups is 1. The summed E-state index contributed by atoms with van der Waals surface area (Å²) >= 11 is 5.87. The van der Waals surface area contributed by atoms with Crippen molar-refractivity contribution in [2.75, 3.05) is 19.0 Å². The smallest absolute Gasteiger partial charge is 0.255 e. The first kappa shape index (κ1) is 12.4. The Morgan fingerprint density at radius 2 is 2.41 bits per heavy atom. The molecule has 1 unspecified atom stereocenters. The van der Waals surface area contributed by atoms with E-state index in [0.29, 0.717) is 17.4 Å². The summed E-state index contributed by atoms with van der Waals surface area (Å²) in [6, 6.07) is 1.89. The van der Waals surface area contributed by atoms with E-state index in [-0.39, 0.29) is 5.91 Å². The molecule has 0 radical (unpaired) electrons. The number of carbonyl (C=O) groups excluding carboxylic acids is 1. The minimum absolute atomic E-state index is 0.0796. The van der Waals surface area contributed by atoms with E-state index in [4.69, 9.17) is 11.6 Å². The molecule has 0 aromatic carbocycles. The van der Waals surface area contributed by atoms with Crippen LogP contribution in [-0.4, -0.2) is 34.8 Å².